The van der Waals surface area contributed by atoms with Gasteiger partial charge in [0.1, 0.15) is 6.04 Å². The van der Waals surface area contributed by atoms with Crippen LogP contribution in [0.25, 0.3) is 0 Å². The molecule has 2 amide bonds. The highest BCUT2D eigenvalue weighted by molar-refractivity contribution is 5.86. The highest BCUT2D eigenvalue weighted by Gasteiger charge is 2.32. The zero-order chi connectivity index (χ0) is 18.4. The van der Waals surface area contributed by atoms with Gasteiger partial charge in [0.2, 0.25) is 11.8 Å². The Balaban J connectivity index is 0.000000181. The summed E-state index contributed by atoms with van der Waals surface area (Å²) in [6.07, 6.45) is 0.571. The molecule has 2 aliphatic rings. The lowest BCUT2D eigenvalue weighted by atomic mass is 10.2. The Hall–Kier alpha value is -2.61. The quantitative estimate of drug-likeness (QED) is 0.717. The van der Waals surface area contributed by atoms with Crippen LogP contribution >= 0.6 is 0 Å². The minimum Gasteiger partial charge on any atom is -0.464 e. The van der Waals surface area contributed by atoms with Gasteiger partial charge in [-0.15, -0.1) is 0 Å². The number of anilines is 1. The Kier molecular flexibility index (Phi) is 6.35. The Labute approximate surface area is 146 Å². The molecular formula is C17H24N4O4. The SMILES string of the molecule is CN(C(=O)CN)C1CCOC1=O.CN1Cc2ccccc2NCC1=O. The van der Waals surface area contributed by atoms with E-state index in [1.54, 1.807) is 11.9 Å². The first-order chi connectivity index (χ1) is 11.9. The molecule has 1 unspecified atom stereocenters. The molecule has 1 aromatic carbocycles. The summed E-state index contributed by atoms with van der Waals surface area (Å²) in [4.78, 5) is 36.4. The van der Waals surface area contributed by atoms with E-state index in [1.807, 2.05) is 31.3 Å². The number of hydrogen-bond acceptors (Lipinski definition) is 6. The zero-order valence-electron chi connectivity index (χ0n) is 14.5. The summed E-state index contributed by atoms with van der Waals surface area (Å²) in [7, 11) is 3.39. The number of fused-ring (bicyclic) bond motifs is 1. The van der Waals surface area contributed by atoms with E-state index in [4.69, 9.17) is 10.5 Å². The minimum atomic E-state index is -0.430. The van der Waals surface area contributed by atoms with Gasteiger partial charge in [0.25, 0.3) is 0 Å². The van der Waals surface area contributed by atoms with Gasteiger partial charge in [-0.25, -0.2) is 4.79 Å². The second-order valence-electron chi connectivity index (χ2n) is 5.94. The van der Waals surface area contributed by atoms with E-state index in [0.29, 0.717) is 26.1 Å². The first-order valence-corrected chi connectivity index (χ1v) is 8.12. The summed E-state index contributed by atoms with van der Waals surface area (Å²) in [6, 6.07) is 7.58. The van der Waals surface area contributed by atoms with Crippen molar-refractivity contribution in [2.24, 2.45) is 5.73 Å². The summed E-state index contributed by atoms with van der Waals surface area (Å²) < 4.78 is 4.71. The van der Waals surface area contributed by atoms with Gasteiger partial charge in [-0.2, -0.15) is 0 Å². The second-order valence-corrected chi connectivity index (χ2v) is 5.94. The van der Waals surface area contributed by atoms with Crippen LogP contribution in [0.1, 0.15) is 12.0 Å². The van der Waals surface area contributed by atoms with Crippen LogP contribution in [0.4, 0.5) is 5.69 Å². The van der Waals surface area contributed by atoms with E-state index in [9.17, 15) is 14.4 Å². The Bertz CT molecular complexity index is 649. The Morgan fingerprint density at radius 1 is 1.40 bits per heavy atom. The molecule has 8 nitrogen and oxygen atoms in total. The third kappa shape index (κ3) is 4.69. The molecule has 3 rings (SSSR count). The van der Waals surface area contributed by atoms with Crippen LogP contribution in [0.2, 0.25) is 0 Å². The summed E-state index contributed by atoms with van der Waals surface area (Å²) in [5.74, 6) is -0.436. The fourth-order valence-electron chi connectivity index (χ4n) is 2.63. The Morgan fingerprint density at radius 3 is 2.76 bits per heavy atom. The van der Waals surface area contributed by atoms with E-state index in [0.717, 1.165) is 5.69 Å². The third-order valence-corrected chi connectivity index (χ3v) is 4.22. The lowest BCUT2D eigenvalue weighted by Gasteiger charge is -2.20. The van der Waals surface area contributed by atoms with Gasteiger partial charge >= 0.3 is 5.97 Å². The molecule has 136 valence electrons. The molecule has 0 bridgehead atoms. The van der Waals surface area contributed by atoms with E-state index in [1.165, 1.54) is 10.5 Å². The van der Waals surface area contributed by atoms with Gasteiger partial charge in [0.15, 0.2) is 0 Å². The van der Waals surface area contributed by atoms with E-state index in [-0.39, 0.29) is 24.3 Å². The molecule has 2 heterocycles. The van der Waals surface area contributed by atoms with Crippen LogP contribution in [0, 0.1) is 0 Å². The smallest absolute Gasteiger partial charge is 0.328 e. The van der Waals surface area contributed by atoms with Crippen molar-refractivity contribution in [3.63, 3.8) is 0 Å². The van der Waals surface area contributed by atoms with E-state index in [2.05, 4.69) is 5.32 Å². The van der Waals surface area contributed by atoms with Gasteiger partial charge in [-0.1, -0.05) is 18.2 Å². The number of para-hydroxylation sites is 1. The van der Waals surface area contributed by atoms with Crippen molar-refractivity contribution in [2.75, 3.05) is 39.1 Å². The molecule has 1 fully saturated rings. The van der Waals surface area contributed by atoms with Crippen molar-refractivity contribution < 1.29 is 19.1 Å². The number of nitrogens with zero attached hydrogens (tertiary/aromatic N) is 2. The summed E-state index contributed by atoms with van der Waals surface area (Å²) in [5, 5.41) is 3.11. The number of benzene rings is 1. The summed E-state index contributed by atoms with van der Waals surface area (Å²) in [5.41, 5.74) is 7.39. The highest BCUT2D eigenvalue weighted by atomic mass is 16.5. The van der Waals surface area contributed by atoms with Crippen LogP contribution in [0.15, 0.2) is 24.3 Å². The van der Waals surface area contributed by atoms with E-state index < -0.39 is 6.04 Å². The molecule has 1 saturated heterocycles. The maximum absolute atomic E-state index is 11.3. The molecule has 0 aliphatic carbocycles. The molecule has 0 saturated carbocycles. The predicted molar refractivity (Wildman–Crippen MR) is 92.6 cm³/mol. The number of nitrogens with two attached hydrogens (primary N) is 1. The van der Waals surface area contributed by atoms with Gasteiger partial charge in [-0.3, -0.25) is 9.59 Å². The first kappa shape index (κ1) is 18.7. The van der Waals surface area contributed by atoms with Gasteiger partial charge in [0, 0.05) is 32.7 Å². The molecule has 2 aliphatic heterocycles. The normalized spacial score (nSPS) is 19.0. The molecule has 1 aromatic rings. The van der Waals surface area contributed by atoms with Crippen molar-refractivity contribution >= 4 is 23.5 Å². The zero-order valence-corrected chi connectivity index (χ0v) is 14.5. The Morgan fingerprint density at radius 2 is 2.12 bits per heavy atom. The lowest BCUT2D eigenvalue weighted by Crippen LogP contribution is -2.42. The summed E-state index contributed by atoms with van der Waals surface area (Å²) in [6.45, 7) is 1.42. The minimum absolute atomic E-state index is 0.0692. The first-order valence-electron chi connectivity index (χ1n) is 8.12. The maximum Gasteiger partial charge on any atom is 0.328 e. The molecule has 0 spiro atoms. The van der Waals surface area contributed by atoms with Crippen molar-refractivity contribution in [1.82, 2.24) is 9.80 Å². The number of amides is 2. The number of esters is 1. The highest BCUT2D eigenvalue weighted by Crippen LogP contribution is 2.18. The van der Waals surface area contributed by atoms with Crippen LogP contribution < -0.4 is 11.1 Å². The monoisotopic (exact) mass is 348 g/mol. The van der Waals surface area contributed by atoms with Crippen LogP contribution in [-0.4, -0.2) is 67.4 Å². The fourth-order valence-corrected chi connectivity index (χ4v) is 2.63. The standard InChI is InChI=1S/C10H12N2O.C7H12N2O3/c1-12-7-8-4-2-3-5-9(8)11-6-10(12)13;1-9(6(10)4-8)5-2-3-12-7(5)11/h2-5,11H,6-7H2,1H3;5H,2-4,8H2,1H3. The predicted octanol–water partition coefficient (Wildman–Crippen LogP) is -0.210. The number of nitrogens with one attached hydrogen (secondary N) is 1. The molecule has 3 N–H and O–H groups in total. The number of carbonyl (C=O) groups excluding carboxylic acids is 3. The van der Waals surface area contributed by atoms with Crippen LogP contribution in [-0.2, 0) is 25.7 Å². The number of carbonyl (C=O) groups is 3. The number of hydrogen-bond donors (Lipinski definition) is 2. The van der Waals surface area contributed by atoms with E-state index >= 15 is 0 Å². The summed E-state index contributed by atoms with van der Waals surface area (Å²) >= 11 is 0. The van der Waals surface area contributed by atoms with Crippen LogP contribution in [0.5, 0.6) is 0 Å². The number of cyclic esters (lactones) is 1. The van der Waals surface area contributed by atoms with Crippen molar-refractivity contribution in [1.29, 1.82) is 0 Å². The number of ether oxygens (including phenoxy) is 1. The van der Waals surface area contributed by atoms with Crippen LogP contribution in [0.3, 0.4) is 0 Å². The van der Waals surface area contributed by atoms with Gasteiger partial charge in [-0.05, 0) is 11.6 Å². The molecule has 25 heavy (non-hydrogen) atoms. The van der Waals surface area contributed by atoms with Gasteiger partial charge < -0.3 is 25.6 Å². The van der Waals surface area contributed by atoms with Gasteiger partial charge in [0.05, 0.1) is 19.7 Å². The number of rotatable bonds is 2. The average molecular weight is 348 g/mol. The van der Waals surface area contributed by atoms with Crippen molar-refractivity contribution in [3.05, 3.63) is 29.8 Å². The van der Waals surface area contributed by atoms with Crippen molar-refractivity contribution in [3.8, 4) is 0 Å². The topological polar surface area (TPSA) is 105 Å². The maximum atomic E-state index is 11.3. The molecule has 0 radical (unpaired) electrons. The average Bonchev–Trinajstić information content (AvgIpc) is 2.99. The number of likely N-dealkylation sites (N-methyl/N-ethyl adjacent to an activating group) is 2. The molecular weight excluding hydrogens is 324 g/mol. The van der Waals surface area contributed by atoms with Crippen molar-refractivity contribution in [2.45, 2.75) is 19.0 Å². The lowest BCUT2D eigenvalue weighted by molar-refractivity contribution is -0.146. The second kappa shape index (κ2) is 8.48. The fraction of sp³-hybridized carbons (Fsp3) is 0.471. The largest absolute Gasteiger partial charge is 0.464 e. The third-order valence-electron chi connectivity index (χ3n) is 4.22. The molecule has 0 aromatic heterocycles. The molecule has 1 atom stereocenters. The molecule has 8 heteroatoms.